The number of ether oxygens (including phenoxy) is 1. The van der Waals surface area contributed by atoms with Crippen molar-refractivity contribution >= 4 is 29.5 Å². The Labute approximate surface area is 123 Å². The van der Waals surface area contributed by atoms with E-state index in [-0.39, 0.29) is 17.2 Å². The van der Waals surface area contributed by atoms with E-state index in [1.807, 2.05) is 13.8 Å². The van der Waals surface area contributed by atoms with Gasteiger partial charge in [-0.2, -0.15) is 15.0 Å². The Morgan fingerprint density at radius 1 is 1.35 bits per heavy atom. The largest absolute Gasteiger partial charge is 0.467 e. The predicted molar refractivity (Wildman–Crippen MR) is 78.0 cm³/mol. The number of nitrogens with zero attached hydrogens (tertiary/aromatic N) is 4. The lowest BCUT2D eigenvalue weighted by Gasteiger charge is -2.19. The molecule has 0 aromatic carbocycles. The van der Waals surface area contributed by atoms with Gasteiger partial charge in [-0.3, -0.25) is 0 Å². The molecule has 0 aliphatic rings. The maximum absolute atomic E-state index is 11.8. The zero-order valence-corrected chi connectivity index (χ0v) is 13.1. The lowest BCUT2D eigenvalue weighted by molar-refractivity contribution is -0.141. The van der Waals surface area contributed by atoms with Crippen LogP contribution in [0.1, 0.15) is 20.3 Å². The molecule has 20 heavy (non-hydrogen) atoms. The third-order valence-corrected chi connectivity index (χ3v) is 2.66. The fourth-order valence-electron chi connectivity index (χ4n) is 1.59. The first-order valence-electron chi connectivity index (χ1n) is 6.26. The van der Waals surface area contributed by atoms with Crippen LogP contribution in [0.2, 0.25) is 5.28 Å². The normalized spacial score (nSPS) is 12.2. The first-order chi connectivity index (χ1) is 9.33. The number of nitrogens with one attached hydrogen (secondary N) is 1. The molecule has 1 aromatic rings. The van der Waals surface area contributed by atoms with Crippen LogP contribution in [0.3, 0.4) is 0 Å². The fourth-order valence-corrected chi connectivity index (χ4v) is 1.74. The lowest BCUT2D eigenvalue weighted by Crippen LogP contribution is -2.33. The SMILES string of the molecule is COC(=O)C(CC(C)C)Nc1nc(Cl)nc(N(C)C)n1. The van der Waals surface area contributed by atoms with Gasteiger partial charge in [-0.15, -0.1) is 0 Å². The topological polar surface area (TPSA) is 80.2 Å². The minimum absolute atomic E-state index is 0.0689. The average molecular weight is 302 g/mol. The van der Waals surface area contributed by atoms with Crippen LogP contribution in [0.5, 0.6) is 0 Å². The summed E-state index contributed by atoms with van der Waals surface area (Å²) in [5.74, 6) is 0.629. The van der Waals surface area contributed by atoms with Gasteiger partial charge in [0.2, 0.25) is 17.2 Å². The number of carbonyl (C=O) groups is 1. The smallest absolute Gasteiger partial charge is 0.328 e. The highest BCUT2D eigenvalue weighted by Gasteiger charge is 2.22. The molecule has 8 heteroatoms. The van der Waals surface area contributed by atoms with Crippen molar-refractivity contribution in [1.29, 1.82) is 0 Å². The average Bonchev–Trinajstić information content (AvgIpc) is 2.35. The molecule has 0 bridgehead atoms. The van der Waals surface area contributed by atoms with Crippen LogP contribution in [0.25, 0.3) is 0 Å². The molecule has 0 fully saturated rings. The molecular formula is C12H20ClN5O2. The molecule has 0 aliphatic heterocycles. The molecule has 0 spiro atoms. The fraction of sp³-hybridized carbons (Fsp3) is 0.667. The molecule has 1 heterocycles. The van der Waals surface area contributed by atoms with Gasteiger partial charge in [-0.25, -0.2) is 4.79 Å². The standard InChI is InChI=1S/C12H20ClN5O2/c1-7(2)6-8(9(19)20-5)14-11-15-10(13)16-12(17-11)18(3)4/h7-8H,6H2,1-5H3,(H,14,15,16,17). The van der Waals surface area contributed by atoms with Gasteiger partial charge in [0.1, 0.15) is 6.04 Å². The highest BCUT2D eigenvalue weighted by molar-refractivity contribution is 6.28. The van der Waals surface area contributed by atoms with E-state index in [1.54, 1.807) is 19.0 Å². The van der Waals surface area contributed by atoms with Gasteiger partial charge in [0.05, 0.1) is 7.11 Å². The molecule has 0 amide bonds. The monoisotopic (exact) mass is 301 g/mol. The molecule has 0 saturated heterocycles. The van der Waals surface area contributed by atoms with Gasteiger partial charge in [0.25, 0.3) is 0 Å². The number of esters is 1. The molecule has 112 valence electrons. The van der Waals surface area contributed by atoms with E-state index in [9.17, 15) is 4.79 Å². The Kier molecular flexibility index (Phi) is 5.94. The van der Waals surface area contributed by atoms with Crippen molar-refractivity contribution < 1.29 is 9.53 Å². The second kappa shape index (κ2) is 7.23. The van der Waals surface area contributed by atoms with E-state index < -0.39 is 6.04 Å². The highest BCUT2D eigenvalue weighted by Crippen LogP contribution is 2.15. The highest BCUT2D eigenvalue weighted by atomic mass is 35.5. The van der Waals surface area contributed by atoms with Crippen molar-refractivity contribution in [2.24, 2.45) is 5.92 Å². The van der Waals surface area contributed by atoms with Gasteiger partial charge in [0.15, 0.2) is 0 Å². The van der Waals surface area contributed by atoms with Crippen LogP contribution in [-0.2, 0) is 9.53 Å². The summed E-state index contributed by atoms with van der Waals surface area (Å²) in [6.07, 6.45) is 0.604. The van der Waals surface area contributed by atoms with Gasteiger partial charge < -0.3 is 15.0 Å². The molecule has 1 aromatic heterocycles. The number of hydrogen-bond donors (Lipinski definition) is 1. The number of halogens is 1. The second-order valence-electron chi connectivity index (χ2n) is 4.97. The molecule has 1 atom stereocenters. The van der Waals surface area contributed by atoms with Crippen molar-refractivity contribution in [2.45, 2.75) is 26.3 Å². The summed E-state index contributed by atoms with van der Waals surface area (Å²) in [7, 11) is 4.94. The van der Waals surface area contributed by atoms with Crippen LogP contribution >= 0.6 is 11.6 Å². The Balaban J connectivity index is 2.95. The number of anilines is 2. The quantitative estimate of drug-likeness (QED) is 0.799. The van der Waals surface area contributed by atoms with Crippen LogP contribution in [0, 0.1) is 5.92 Å². The van der Waals surface area contributed by atoms with Gasteiger partial charge >= 0.3 is 5.97 Å². The minimum Gasteiger partial charge on any atom is -0.467 e. The molecule has 7 nitrogen and oxygen atoms in total. The zero-order valence-electron chi connectivity index (χ0n) is 12.3. The summed E-state index contributed by atoms with van der Waals surface area (Å²) < 4.78 is 4.78. The molecule has 1 N–H and O–H groups in total. The van der Waals surface area contributed by atoms with Crippen LogP contribution in [-0.4, -0.2) is 48.2 Å². The van der Waals surface area contributed by atoms with E-state index in [0.717, 1.165) is 0 Å². The number of rotatable bonds is 6. The molecule has 0 saturated carbocycles. The lowest BCUT2D eigenvalue weighted by atomic mass is 10.0. The molecule has 1 unspecified atom stereocenters. The van der Waals surface area contributed by atoms with Crippen molar-refractivity contribution in [3.05, 3.63) is 5.28 Å². The summed E-state index contributed by atoms with van der Waals surface area (Å²) >= 11 is 5.85. The summed E-state index contributed by atoms with van der Waals surface area (Å²) in [4.78, 5) is 25.6. The molecule has 1 rings (SSSR count). The number of carbonyl (C=O) groups excluding carboxylic acids is 1. The van der Waals surface area contributed by atoms with Gasteiger partial charge in [-0.1, -0.05) is 13.8 Å². The Hall–Kier alpha value is -1.63. The van der Waals surface area contributed by atoms with Crippen molar-refractivity contribution in [3.63, 3.8) is 0 Å². The summed E-state index contributed by atoms with van der Waals surface area (Å²) in [5, 5.41) is 3.02. The van der Waals surface area contributed by atoms with Crippen molar-refractivity contribution in [2.75, 3.05) is 31.4 Å². The minimum atomic E-state index is -0.520. The first kappa shape index (κ1) is 16.4. The van der Waals surface area contributed by atoms with Crippen molar-refractivity contribution in [1.82, 2.24) is 15.0 Å². The number of hydrogen-bond acceptors (Lipinski definition) is 7. The zero-order chi connectivity index (χ0) is 15.3. The summed E-state index contributed by atoms with van der Waals surface area (Å²) in [6, 6.07) is -0.520. The maximum Gasteiger partial charge on any atom is 0.328 e. The molecule has 0 radical (unpaired) electrons. The van der Waals surface area contributed by atoms with E-state index in [1.165, 1.54) is 7.11 Å². The van der Waals surface area contributed by atoms with Gasteiger partial charge in [0, 0.05) is 14.1 Å². The second-order valence-corrected chi connectivity index (χ2v) is 5.31. The van der Waals surface area contributed by atoms with Crippen LogP contribution in [0.4, 0.5) is 11.9 Å². The summed E-state index contributed by atoms with van der Waals surface area (Å²) in [6.45, 7) is 4.03. The number of aromatic nitrogens is 3. The maximum atomic E-state index is 11.8. The van der Waals surface area contributed by atoms with E-state index in [0.29, 0.717) is 18.3 Å². The molecule has 0 aliphatic carbocycles. The van der Waals surface area contributed by atoms with Crippen LogP contribution < -0.4 is 10.2 Å². The van der Waals surface area contributed by atoms with Crippen LogP contribution in [0.15, 0.2) is 0 Å². The van der Waals surface area contributed by atoms with E-state index in [4.69, 9.17) is 16.3 Å². The van der Waals surface area contributed by atoms with Crippen molar-refractivity contribution in [3.8, 4) is 0 Å². The number of methoxy groups -OCH3 is 1. The summed E-state index contributed by atoms with van der Waals surface area (Å²) in [5.41, 5.74) is 0. The molecular weight excluding hydrogens is 282 g/mol. The first-order valence-corrected chi connectivity index (χ1v) is 6.64. The predicted octanol–water partition coefficient (Wildman–Crippen LogP) is 1.59. The van der Waals surface area contributed by atoms with E-state index >= 15 is 0 Å². The van der Waals surface area contributed by atoms with Gasteiger partial charge in [-0.05, 0) is 23.9 Å². The Morgan fingerprint density at radius 3 is 2.50 bits per heavy atom. The van der Waals surface area contributed by atoms with E-state index in [2.05, 4.69) is 20.3 Å². The Morgan fingerprint density at radius 2 is 2.00 bits per heavy atom. The Bertz CT molecular complexity index is 467. The third-order valence-electron chi connectivity index (χ3n) is 2.49. The third kappa shape index (κ3) is 4.80.